The molecule has 5 heteroatoms. The molecule has 0 saturated carbocycles. The number of hydrogen-bond acceptors (Lipinski definition) is 4. The van der Waals surface area contributed by atoms with Crippen LogP contribution in [-0.2, 0) is 0 Å². The van der Waals surface area contributed by atoms with Gasteiger partial charge in [-0.25, -0.2) is 4.98 Å². The van der Waals surface area contributed by atoms with Gasteiger partial charge < -0.3 is 15.2 Å². The quantitative estimate of drug-likeness (QED) is 0.926. The third-order valence-corrected chi connectivity index (χ3v) is 4.03. The first kappa shape index (κ1) is 12.9. The lowest BCUT2D eigenvalue weighted by molar-refractivity contribution is 0.291. The second kappa shape index (κ2) is 5.14. The Morgan fingerprint density at radius 1 is 1.40 bits per heavy atom. The van der Waals surface area contributed by atoms with Gasteiger partial charge in [-0.2, -0.15) is 5.26 Å². The third-order valence-electron chi connectivity index (χ3n) is 4.03. The second-order valence-corrected chi connectivity index (χ2v) is 5.48. The van der Waals surface area contributed by atoms with Crippen molar-refractivity contribution in [1.82, 2.24) is 14.5 Å². The number of hydrogen-bond donors (Lipinski definition) is 1. The Labute approximate surface area is 118 Å². The van der Waals surface area contributed by atoms with E-state index in [1.54, 1.807) is 6.07 Å². The van der Waals surface area contributed by atoms with Gasteiger partial charge in [-0.1, -0.05) is 6.07 Å². The van der Waals surface area contributed by atoms with Gasteiger partial charge in [-0.15, -0.1) is 0 Å². The fourth-order valence-corrected chi connectivity index (χ4v) is 3.11. The summed E-state index contributed by atoms with van der Waals surface area (Å²) in [5.41, 5.74) is 8.32. The van der Waals surface area contributed by atoms with E-state index in [9.17, 15) is 0 Å². The van der Waals surface area contributed by atoms with E-state index in [4.69, 9.17) is 11.0 Å². The molecule has 0 bridgehead atoms. The summed E-state index contributed by atoms with van der Waals surface area (Å²) >= 11 is 0. The summed E-state index contributed by atoms with van der Waals surface area (Å²) in [6.07, 6.45) is 2.57. The van der Waals surface area contributed by atoms with Crippen molar-refractivity contribution in [2.75, 3.05) is 25.4 Å². The lowest BCUT2D eigenvalue weighted by Crippen LogP contribution is -2.27. The van der Waals surface area contributed by atoms with Crippen LogP contribution in [0.4, 0.5) is 5.95 Å². The molecule has 104 valence electrons. The minimum Gasteiger partial charge on any atom is -0.369 e. The predicted molar refractivity (Wildman–Crippen MR) is 79.2 cm³/mol. The van der Waals surface area contributed by atoms with Crippen LogP contribution in [0.25, 0.3) is 11.0 Å². The summed E-state index contributed by atoms with van der Waals surface area (Å²) in [6.45, 7) is 5.47. The summed E-state index contributed by atoms with van der Waals surface area (Å²) in [5.74, 6) is 0.495. The number of para-hydroxylation sites is 1. The molecular formula is C15H19N5. The lowest BCUT2D eigenvalue weighted by atomic mass is 10.2. The summed E-state index contributed by atoms with van der Waals surface area (Å²) in [5, 5.41) is 9.16. The number of fused-ring (bicyclic) bond motifs is 1. The molecule has 0 amide bonds. The topological polar surface area (TPSA) is 70.9 Å². The Balaban J connectivity index is 1.98. The van der Waals surface area contributed by atoms with Crippen LogP contribution in [0.3, 0.4) is 0 Å². The largest absolute Gasteiger partial charge is 0.369 e. The molecule has 1 aliphatic heterocycles. The van der Waals surface area contributed by atoms with Crippen LogP contribution in [0.15, 0.2) is 18.2 Å². The predicted octanol–water partition coefficient (Wildman–Crippen LogP) is 2.15. The van der Waals surface area contributed by atoms with Crippen LogP contribution in [0.1, 0.15) is 31.4 Å². The average molecular weight is 269 g/mol. The summed E-state index contributed by atoms with van der Waals surface area (Å²) in [7, 11) is 0. The van der Waals surface area contributed by atoms with E-state index >= 15 is 0 Å². The molecule has 0 aliphatic carbocycles. The molecule has 1 aliphatic rings. The molecule has 20 heavy (non-hydrogen) atoms. The Morgan fingerprint density at radius 3 is 2.85 bits per heavy atom. The highest BCUT2D eigenvalue weighted by molar-refractivity contribution is 5.84. The Morgan fingerprint density at radius 2 is 2.15 bits per heavy atom. The van der Waals surface area contributed by atoms with Crippen molar-refractivity contribution in [2.45, 2.75) is 25.8 Å². The van der Waals surface area contributed by atoms with Crippen molar-refractivity contribution < 1.29 is 0 Å². The van der Waals surface area contributed by atoms with E-state index < -0.39 is 0 Å². The standard InChI is InChI=1S/C15H19N5/c1-11(10-19-7-2-3-8-19)20-13-6-4-5-12(9-16)14(13)18-15(20)17/h4-6,11H,2-3,7-8,10H2,1H3,(H2,17,18). The maximum Gasteiger partial charge on any atom is 0.201 e. The van der Waals surface area contributed by atoms with E-state index in [0.717, 1.165) is 12.1 Å². The van der Waals surface area contributed by atoms with Crippen molar-refractivity contribution >= 4 is 17.0 Å². The highest BCUT2D eigenvalue weighted by Crippen LogP contribution is 2.26. The third kappa shape index (κ3) is 2.12. The van der Waals surface area contributed by atoms with Gasteiger partial charge >= 0.3 is 0 Å². The van der Waals surface area contributed by atoms with Crippen molar-refractivity contribution in [3.8, 4) is 6.07 Å². The summed E-state index contributed by atoms with van der Waals surface area (Å²) < 4.78 is 2.05. The zero-order valence-electron chi connectivity index (χ0n) is 11.7. The van der Waals surface area contributed by atoms with E-state index in [-0.39, 0.29) is 6.04 Å². The van der Waals surface area contributed by atoms with Crippen molar-refractivity contribution in [2.24, 2.45) is 0 Å². The van der Waals surface area contributed by atoms with Crippen molar-refractivity contribution in [3.63, 3.8) is 0 Å². The first-order chi connectivity index (χ1) is 9.70. The molecule has 0 spiro atoms. The van der Waals surface area contributed by atoms with Crippen LogP contribution in [0.2, 0.25) is 0 Å². The minimum atomic E-state index is 0.257. The number of benzene rings is 1. The van der Waals surface area contributed by atoms with Gasteiger partial charge in [0.25, 0.3) is 0 Å². The van der Waals surface area contributed by atoms with Gasteiger partial charge in [0.15, 0.2) is 0 Å². The maximum atomic E-state index is 9.16. The summed E-state index contributed by atoms with van der Waals surface area (Å²) in [6, 6.07) is 8.10. The monoisotopic (exact) mass is 269 g/mol. The fraction of sp³-hybridized carbons (Fsp3) is 0.467. The molecule has 1 fully saturated rings. The number of nitriles is 1. The molecule has 2 N–H and O–H groups in total. The number of nitrogens with zero attached hydrogens (tertiary/aromatic N) is 4. The molecule has 1 saturated heterocycles. The SMILES string of the molecule is CC(CN1CCCC1)n1c(N)nc2c(C#N)cccc21. The van der Waals surface area contributed by atoms with Crippen LogP contribution in [0.5, 0.6) is 0 Å². The summed E-state index contributed by atoms with van der Waals surface area (Å²) in [4.78, 5) is 6.84. The molecule has 1 unspecified atom stereocenters. The number of nitrogen functional groups attached to an aromatic ring is 1. The molecular weight excluding hydrogens is 250 g/mol. The van der Waals surface area contributed by atoms with Crippen LogP contribution < -0.4 is 5.73 Å². The normalized spacial score (nSPS) is 17.4. The molecule has 1 aromatic heterocycles. The van der Waals surface area contributed by atoms with Crippen LogP contribution in [0, 0.1) is 11.3 Å². The van der Waals surface area contributed by atoms with E-state index in [0.29, 0.717) is 17.0 Å². The molecule has 1 aromatic carbocycles. The number of nitrogens with two attached hydrogens (primary N) is 1. The smallest absolute Gasteiger partial charge is 0.201 e. The zero-order valence-corrected chi connectivity index (χ0v) is 11.7. The molecule has 1 atom stereocenters. The van der Waals surface area contributed by atoms with Gasteiger partial charge in [0, 0.05) is 12.6 Å². The average Bonchev–Trinajstić information content (AvgIpc) is 3.04. The van der Waals surface area contributed by atoms with Crippen LogP contribution in [-0.4, -0.2) is 34.1 Å². The number of anilines is 1. The van der Waals surface area contributed by atoms with Gasteiger partial charge in [-0.3, -0.25) is 0 Å². The fourth-order valence-electron chi connectivity index (χ4n) is 3.11. The maximum absolute atomic E-state index is 9.16. The molecule has 2 aromatic rings. The molecule has 2 heterocycles. The van der Waals surface area contributed by atoms with E-state index in [1.165, 1.54) is 25.9 Å². The zero-order chi connectivity index (χ0) is 14.1. The Bertz CT molecular complexity index is 661. The molecule has 0 radical (unpaired) electrons. The van der Waals surface area contributed by atoms with Gasteiger partial charge in [0.05, 0.1) is 11.1 Å². The number of aromatic nitrogens is 2. The van der Waals surface area contributed by atoms with Crippen LogP contribution >= 0.6 is 0 Å². The lowest BCUT2D eigenvalue weighted by Gasteiger charge is -2.22. The number of likely N-dealkylation sites (tertiary alicyclic amines) is 1. The van der Waals surface area contributed by atoms with Gasteiger partial charge in [0.1, 0.15) is 11.6 Å². The number of rotatable bonds is 3. The highest BCUT2D eigenvalue weighted by atomic mass is 15.2. The molecule has 5 nitrogen and oxygen atoms in total. The van der Waals surface area contributed by atoms with E-state index in [2.05, 4.69) is 27.4 Å². The second-order valence-electron chi connectivity index (χ2n) is 5.48. The minimum absolute atomic E-state index is 0.257. The van der Waals surface area contributed by atoms with Crippen molar-refractivity contribution in [3.05, 3.63) is 23.8 Å². The Kier molecular flexibility index (Phi) is 3.33. The first-order valence-electron chi connectivity index (χ1n) is 7.09. The van der Waals surface area contributed by atoms with Crippen molar-refractivity contribution in [1.29, 1.82) is 5.26 Å². The van der Waals surface area contributed by atoms with E-state index in [1.807, 2.05) is 12.1 Å². The van der Waals surface area contributed by atoms with Gasteiger partial charge in [-0.05, 0) is 45.0 Å². The highest BCUT2D eigenvalue weighted by Gasteiger charge is 2.20. The number of imidazole rings is 1. The van der Waals surface area contributed by atoms with Gasteiger partial charge in [0.2, 0.25) is 5.95 Å². The Hall–Kier alpha value is -2.06. The molecule has 3 rings (SSSR count). The first-order valence-corrected chi connectivity index (χ1v) is 7.09.